The van der Waals surface area contributed by atoms with E-state index in [-0.39, 0.29) is 0 Å². The van der Waals surface area contributed by atoms with E-state index in [0.717, 1.165) is 0 Å². The van der Waals surface area contributed by atoms with Crippen molar-refractivity contribution in [1.82, 2.24) is 4.98 Å². The highest BCUT2D eigenvalue weighted by atomic mass is 14.7. The molecule has 0 unspecified atom stereocenters. The van der Waals surface area contributed by atoms with Crippen molar-refractivity contribution in [1.29, 1.82) is 0 Å². The van der Waals surface area contributed by atoms with E-state index in [2.05, 4.69) is 59.7 Å². The standard InChI is InChI=1S/C14H11N/c1-2-6-11(7-3-1)14-13-9-5-4-8-12(13)10-15-14/h1-10,15H. The third-order valence-electron chi connectivity index (χ3n) is 2.66. The Balaban J connectivity index is 2.28. The first kappa shape index (κ1) is 8.30. The summed E-state index contributed by atoms with van der Waals surface area (Å²) < 4.78 is 0. The number of fused-ring (bicyclic) bond motifs is 1. The molecule has 1 N–H and O–H groups in total. The summed E-state index contributed by atoms with van der Waals surface area (Å²) in [5, 5.41) is 2.54. The number of nitrogens with one attached hydrogen (secondary N) is 1. The predicted molar refractivity (Wildman–Crippen MR) is 63.7 cm³/mol. The average molecular weight is 193 g/mol. The second-order valence-electron chi connectivity index (χ2n) is 3.62. The van der Waals surface area contributed by atoms with E-state index in [4.69, 9.17) is 0 Å². The Labute approximate surface area is 88.4 Å². The van der Waals surface area contributed by atoms with Gasteiger partial charge in [0.2, 0.25) is 0 Å². The fourth-order valence-electron chi connectivity index (χ4n) is 1.92. The zero-order chi connectivity index (χ0) is 10.1. The van der Waals surface area contributed by atoms with Crippen LogP contribution in [-0.4, -0.2) is 4.98 Å². The number of rotatable bonds is 1. The first-order chi connectivity index (χ1) is 7.45. The summed E-state index contributed by atoms with van der Waals surface area (Å²) in [6.07, 6.45) is 2.05. The summed E-state index contributed by atoms with van der Waals surface area (Å²) in [6, 6.07) is 18.8. The van der Waals surface area contributed by atoms with Gasteiger partial charge in [0.25, 0.3) is 0 Å². The van der Waals surface area contributed by atoms with Gasteiger partial charge < -0.3 is 4.98 Å². The van der Waals surface area contributed by atoms with Gasteiger partial charge in [0, 0.05) is 11.6 Å². The van der Waals surface area contributed by atoms with E-state index >= 15 is 0 Å². The second-order valence-corrected chi connectivity index (χ2v) is 3.62. The van der Waals surface area contributed by atoms with Crippen molar-refractivity contribution in [2.24, 2.45) is 0 Å². The first-order valence-corrected chi connectivity index (χ1v) is 5.07. The van der Waals surface area contributed by atoms with Gasteiger partial charge in [0.15, 0.2) is 0 Å². The average Bonchev–Trinajstić information content (AvgIpc) is 2.74. The Hall–Kier alpha value is -2.02. The highest BCUT2D eigenvalue weighted by Crippen LogP contribution is 2.26. The van der Waals surface area contributed by atoms with Crippen molar-refractivity contribution in [2.75, 3.05) is 0 Å². The third-order valence-corrected chi connectivity index (χ3v) is 2.66. The molecule has 15 heavy (non-hydrogen) atoms. The maximum absolute atomic E-state index is 3.33. The van der Waals surface area contributed by atoms with Gasteiger partial charge >= 0.3 is 0 Å². The highest BCUT2D eigenvalue weighted by molar-refractivity contribution is 5.95. The lowest BCUT2D eigenvalue weighted by Gasteiger charge is -1.98. The van der Waals surface area contributed by atoms with E-state index in [1.165, 1.54) is 22.0 Å². The molecule has 0 aliphatic rings. The maximum Gasteiger partial charge on any atom is 0.0533 e. The van der Waals surface area contributed by atoms with Crippen LogP contribution in [0.2, 0.25) is 0 Å². The molecule has 0 bridgehead atoms. The second kappa shape index (κ2) is 3.28. The van der Waals surface area contributed by atoms with Crippen molar-refractivity contribution < 1.29 is 0 Å². The molecule has 0 aliphatic heterocycles. The molecule has 0 radical (unpaired) electrons. The zero-order valence-corrected chi connectivity index (χ0v) is 8.27. The van der Waals surface area contributed by atoms with E-state index < -0.39 is 0 Å². The number of benzene rings is 2. The summed E-state index contributed by atoms with van der Waals surface area (Å²) in [5.41, 5.74) is 2.44. The molecule has 1 heterocycles. The molecule has 3 rings (SSSR count). The van der Waals surface area contributed by atoms with Crippen molar-refractivity contribution in [3.63, 3.8) is 0 Å². The van der Waals surface area contributed by atoms with Crippen molar-refractivity contribution in [3.05, 3.63) is 60.8 Å². The lowest BCUT2D eigenvalue weighted by atomic mass is 10.1. The Bertz CT molecular complexity index is 578. The van der Waals surface area contributed by atoms with Gasteiger partial charge in [-0.15, -0.1) is 0 Å². The molecular weight excluding hydrogens is 182 g/mol. The molecule has 0 aliphatic carbocycles. The van der Waals surface area contributed by atoms with E-state index in [9.17, 15) is 0 Å². The van der Waals surface area contributed by atoms with Crippen LogP contribution < -0.4 is 0 Å². The third kappa shape index (κ3) is 1.33. The fraction of sp³-hybridized carbons (Fsp3) is 0. The lowest BCUT2D eigenvalue weighted by molar-refractivity contribution is 1.41. The Morgan fingerprint density at radius 3 is 2.33 bits per heavy atom. The molecule has 0 spiro atoms. The van der Waals surface area contributed by atoms with Gasteiger partial charge in [0.05, 0.1) is 5.69 Å². The van der Waals surface area contributed by atoms with Gasteiger partial charge in [0.1, 0.15) is 0 Å². The van der Waals surface area contributed by atoms with Crippen LogP contribution in [0.5, 0.6) is 0 Å². The van der Waals surface area contributed by atoms with Crippen molar-refractivity contribution in [3.8, 4) is 11.3 Å². The number of H-pyrrole nitrogens is 1. The van der Waals surface area contributed by atoms with Crippen LogP contribution in [0.3, 0.4) is 0 Å². The van der Waals surface area contributed by atoms with Crippen LogP contribution in [0, 0.1) is 0 Å². The van der Waals surface area contributed by atoms with Crippen molar-refractivity contribution >= 4 is 10.8 Å². The first-order valence-electron chi connectivity index (χ1n) is 5.07. The normalized spacial score (nSPS) is 10.7. The minimum absolute atomic E-state index is 1.20. The van der Waals surface area contributed by atoms with Gasteiger partial charge in [-0.25, -0.2) is 0 Å². The summed E-state index contributed by atoms with van der Waals surface area (Å²) >= 11 is 0. The Morgan fingerprint density at radius 2 is 1.47 bits per heavy atom. The van der Waals surface area contributed by atoms with E-state index in [1.54, 1.807) is 0 Å². The molecule has 1 heteroatoms. The van der Waals surface area contributed by atoms with Crippen molar-refractivity contribution in [2.45, 2.75) is 0 Å². The van der Waals surface area contributed by atoms with Crippen LogP contribution in [0.25, 0.3) is 22.0 Å². The summed E-state index contributed by atoms with van der Waals surface area (Å²) in [6.45, 7) is 0. The molecule has 3 aromatic rings. The summed E-state index contributed by atoms with van der Waals surface area (Å²) in [7, 11) is 0. The number of aromatic nitrogens is 1. The highest BCUT2D eigenvalue weighted by Gasteiger charge is 2.03. The summed E-state index contributed by atoms with van der Waals surface area (Å²) in [4.78, 5) is 3.33. The summed E-state index contributed by atoms with van der Waals surface area (Å²) in [5.74, 6) is 0. The number of hydrogen-bond acceptors (Lipinski definition) is 0. The molecule has 0 amide bonds. The Kier molecular flexibility index (Phi) is 1.82. The van der Waals surface area contributed by atoms with Crippen LogP contribution in [0.4, 0.5) is 0 Å². The topological polar surface area (TPSA) is 15.8 Å². The van der Waals surface area contributed by atoms with E-state index in [0.29, 0.717) is 0 Å². The minimum atomic E-state index is 1.20. The van der Waals surface area contributed by atoms with Gasteiger partial charge in [-0.1, -0.05) is 54.6 Å². The van der Waals surface area contributed by atoms with Crippen LogP contribution >= 0.6 is 0 Å². The number of aromatic amines is 1. The van der Waals surface area contributed by atoms with Gasteiger partial charge in [-0.2, -0.15) is 0 Å². The predicted octanol–water partition coefficient (Wildman–Crippen LogP) is 3.83. The molecular formula is C14H11N. The monoisotopic (exact) mass is 193 g/mol. The van der Waals surface area contributed by atoms with Gasteiger partial charge in [-0.3, -0.25) is 0 Å². The van der Waals surface area contributed by atoms with Crippen LogP contribution in [0.1, 0.15) is 0 Å². The molecule has 2 aromatic carbocycles. The molecule has 0 saturated carbocycles. The quantitative estimate of drug-likeness (QED) is 0.604. The lowest BCUT2D eigenvalue weighted by Crippen LogP contribution is -1.76. The number of hydrogen-bond donors (Lipinski definition) is 1. The van der Waals surface area contributed by atoms with Crippen LogP contribution in [-0.2, 0) is 0 Å². The Morgan fingerprint density at radius 1 is 0.733 bits per heavy atom. The van der Waals surface area contributed by atoms with Gasteiger partial charge in [-0.05, 0) is 10.9 Å². The molecule has 0 saturated heterocycles. The zero-order valence-electron chi connectivity index (χ0n) is 8.27. The molecule has 1 nitrogen and oxygen atoms in total. The molecule has 72 valence electrons. The van der Waals surface area contributed by atoms with Crippen LogP contribution in [0.15, 0.2) is 60.8 Å². The largest absolute Gasteiger partial charge is 0.360 e. The smallest absolute Gasteiger partial charge is 0.0533 e. The molecule has 0 atom stereocenters. The maximum atomic E-state index is 3.33. The minimum Gasteiger partial charge on any atom is -0.360 e. The fourth-order valence-corrected chi connectivity index (χ4v) is 1.92. The SMILES string of the molecule is c1ccc(-c2[nH]cc3ccccc23)cc1. The molecule has 1 aromatic heterocycles. The van der Waals surface area contributed by atoms with E-state index in [1.807, 2.05) is 6.07 Å². The molecule has 0 fully saturated rings.